The monoisotopic (exact) mass is 157 g/mol. The molecule has 0 radical (unpaired) electrons. The molecule has 11 heavy (non-hydrogen) atoms. The van der Waals surface area contributed by atoms with E-state index >= 15 is 0 Å². The van der Waals surface area contributed by atoms with E-state index in [1.54, 1.807) is 13.2 Å². The second-order valence-electron chi connectivity index (χ2n) is 2.36. The molecule has 0 atom stereocenters. The van der Waals surface area contributed by atoms with Crippen molar-refractivity contribution in [2.75, 3.05) is 20.3 Å². The van der Waals surface area contributed by atoms with Crippen molar-refractivity contribution in [2.45, 2.75) is 13.8 Å². The van der Waals surface area contributed by atoms with Crippen molar-refractivity contribution in [3.63, 3.8) is 0 Å². The van der Waals surface area contributed by atoms with Crippen LogP contribution in [0.3, 0.4) is 0 Å². The molecule has 0 aliphatic rings. The predicted molar refractivity (Wildman–Crippen MR) is 44.3 cm³/mol. The quantitative estimate of drug-likeness (QED) is 0.472. The lowest BCUT2D eigenvalue weighted by atomic mass is 10.3. The molecule has 0 aliphatic heterocycles. The minimum absolute atomic E-state index is 0.0624. The lowest BCUT2D eigenvalue weighted by molar-refractivity contribution is -0.112. The van der Waals surface area contributed by atoms with Gasteiger partial charge >= 0.3 is 0 Å². The summed E-state index contributed by atoms with van der Waals surface area (Å²) in [6.45, 7) is 4.79. The topological polar surface area (TPSA) is 38.3 Å². The van der Waals surface area contributed by atoms with Crippen LogP contribution in [0.2, 0.25) is 0 Å². The number of hydrogen-bond acceptors (Lipinski definition) is 3. The number of hydrogen-bond donors (Lipinski definition) is 1. The Bertz CT molecular complexity index is 152. The zero-order valence-electron chi connectivity index (χ0n) is 7.31. The second-order valence-corrected chi connectivity index (χ2v) is 2.36. The van der Waals surface area contributed by atoms with Gasteiger partial charge < -0.3 is 10.1 Å². The van der Waals surface area contributed by atoms with E-state index in [0.717, 1.165) is 12.2 Å². The summed E-state index contributed by atoms with van der Waals surface area (Å²) in [7, 11) is 1.64. The SMILES string of the molecule is COCCN/C(C)=C\C(C)=O. The van der Waals surface area contributed by atoms with Gasteiger partial charge in [-0.05, 0) is 19.9 Å². The molecule has 0 rings (SSSR count). The normalized spacial score (nSPS) is 11.4. The van der Waals surface area contributed by atoms with Gasteiger partial charge in [0.15, 0.2) is 5.78 Å². The van der Waals surface area contributed by atoms with E-state index in [-0.39, 0.29) is 5.78 Å². The number of allylic oxidation sites excluding steroid dienone is 2. The lowest BCUT2D eigenvalue weighted by Crippen LogP contribution is -2.17. The van der Waals surface area contributed by atoms with Crippen LogP contribution < -0.4 is 5.32 Å². The van der Waals surface area contributed by atoms with Crippen molar-refractivity contribution in [1.82, 2.24) is 5.32 Å². The van der Waals surface area contributed by atoms with Crippen molar-refractivity contribution < 1.29 is 9.53 Å². The van der Waals surface area contributed by atoms with Crippen molar-refractivity contribution >= 4 is 5.78 Å². The zero-order valence-corrected chi connectivity index (χ0v) is 7.31. The predicted octanol–water partition coefficient (Wildman–Crippen LogP) is 0.715. The minimum Gasteiger partial charge on any atom is -0.386 e. The molecule has 3 heteroatoms. The Morgan fingerprint density at radius 3 is 2.64 bits per heavy atom. The molecule has 0 saturated heterocycles. The first kappa shape index (κ1) is 10.2. The van der Waals surface area contributed by atoms with E-state index < -0.39 is 0 Å². The molecule has 0 heterocycles. The van der Waals surface area contributed by atoms with Gasteiger partial charge in [-0.25, -0.2) is 0 Å². The molecule has 0 aromatic heterocycles. The average Bonchev–Trinajstić information content (AvgIpc) is 1.86. The van der Waals surface area contributed by atoms with Crippen LogP contribution in [0.15, 0.2) is 11.8 Å². The maximum absolute atomic E-state index is 10.5. The highest BCUT2D eigenvalue weighted by Gasteiger charge is 1.89. The number of rotatable bonds is 5. The third kappa shape index (κ3) is 7.06. The molecule has 0 unspecified atom stereocenters. The smallest absolute Gasteiger partial charge is 0.154 e. The highest BCUT2D eigenvalue weighted by atomic mass is 16.5. The van der Waals surface area contributed by atoms with E-state index in [2.05, 4.69) is 5.32 Å². The van der Waals surface area contributed by atoms with Crippen LogP contribution in [-0.2, 0) is 9.53 Å². The molecule has 0 saturated carbocycles. The molecular formula is C8H15NO2. The highest BCUT2D eigenvalue weighted by molar-refractivity contribution is 5.87. The van der Waals surface area contributed by atoms with Crippen molar-refractivity contribution in [1.29, 1.82) is 0 Å². The first-order chi connectivity index (χ1) is 5.16. The van der Waals surface area contributed by atoms with E-state index in [1.807, 2.05) is 6.92 Å². The van der Waals surface area contributed by atoms with Crippen LogP contribution in [0.25, 0.3) is 0 Å². The van der Waals surface area contributed by atoms with Crippen LogP contribution in [0.1, 0.15) is 13.8 Å². The van der Waals surface area contributed by atoms with E-state index in [4.69, 9.17) is 4.74 Å². The summed E-state index contributed by atoms with van der Waals surface area (Å²) in [5.41, 5.74) is 0.884. The summed E-state index contributed by atoms with van der Waals surface area (Å²) in [4.78, 5) is 10.5. The van der Waals surface area contributed by atoms with Crippen LogP contribution in [-0.4, -0.2) is 26.0 Å². The third-order valence-electron chi connectivity index (χ3n) is 1.13. The van der Waals surface area contributed by atoms with Gasteiger partial charge in [0.1, 0.15) is 0 Å². The Labute approximate surface area is 67.4 Å². The molecular weight excluding hydrogens is 142 g/mol. The van der Waals surface area contributed by atoms with Gasteiger partial charge in [-0.1, -0.05) is 0 Å². The second kappa shape index (κ2) is 5.92. The largest absolute Gasteiger partial charge is 0.386 e. The molecule has 0 aliphatic carbocycles. The molecule has 64 valence electrons. The van der Waals surface area contributed by atoms with Gasteiger partial charge in [-0.15, -0.1) is 0 Å². The number of carbonyl (C=O) groups excluding carboxylic acids is 1. The molecule has 1 N–H and O–H groups in total. The maximum atomic E-state index is 10.5. The molecule has 0 aromatic carbocycles. The van der Waals surface area contributed by atoms with Gasteiger partial charge in [0.25, 0.3) is 0 Å². The van der Waals surface area contributed by atoms with Crippen LogP contribution in [0, 0.1) is 0 Å². The van der Waals surface area contributed by atoms with Gasteiger partial charge in [-0.3, -0.25) is 4.79 Å². The fraction of sp³-hybridized carbons (Fsp3) is 0.625. The summed E-state index contributed by atoms with van der Waals surface area (Å²) in [5, 5.41) is 3.03. The number of carbonyl (C=O) groups is 1. The van der Waals surface area contributed by atoms with Gasteiger partial charge in [0.05, 0.1) is 6.61 Å². The zero-order chi connectivity index (χ0) is 8.69. The number of ether oxygens (including phenoxy) is 1. The molecule has 0 amide bonds. The molecule has 3 nitrogen and oxygen atoms in total. The van der Waals surface area contributed by atoms with Gasteiger partial charge in [0.2, 0.25) is 0 Å². The van der Waals surface area contributed by atoms with Gasteiger partial charge in [0, 0.05) is 19.4 Å². The Morgan fingerprint density at radius 2 is 2.18 bits per heavy atom. The Balaban J connectivity index is 3.51. The highest BCUT2D eigenvalue weighted by Crippen LogP contribution is 1.85. The van der Waals surface area contributed by atoms with E-state index in [0.29, 0.717) is 6.61 Å². The van der Waals surface area contributed by atoms with Gasteiger partial charge in [-0.2, -0.15) is 0 Å². The number of ketones is 1. The molecule has 0 bridgehead atoms. The van der Waals surface area contributed by atoms with Crippen LogP contribution in [0.4, 0.5) is 0 Å². The third-order valence-corrected chi connectivity index (χ3v) is 1.13. The summed E-state index contributed by atoms with van der Waals surface area (Å²) in [6.07, 6.45) is 1.57. The summed E-state index contributed by atoms with van der Waals surface area (Å²) >= 11 is 0. The molecule has 0 fully saturated rings. The first-order valence-electron chi connectivity index (χ1n) is 3.58. The fourth-order valence-electron chi connectivity index (χ4n) is 0.706. The summed E-state index contributed by atoms with van der Waals surface area (Å²) < 4.78 is 4.82. The summed E-state index contributed by atoms with van der Waals surface area (Å²) in [6, 6.07) is 0. The Hall–Kier alpha value is -0.830. The minimum atomic E-state index is 0.0624. The van der Waals surface area contributed by atoms with E-state index in [9.17, 15) is 4.79 Å². The van der Waals surface area contributed by atoms with Crippen LogP contribution >= 0.6 is 0 Å². The maximum Gasteiger partial charge on any atom is 0.154 e. The average molecular weight is 157 g/mol. The fourth-order valence-corrected chi connectivity index (χ4v) is 0.706. The Kier molecular flexibility index (Phi) is 5.47. The van der Waals surface area contributed by atoms with Crippen molar-refractivity contribution in [3.8, 4) is 0 Å². The lowest BCUT2D eigenvalue weighted by Gasteiger charge is -2.03. The Morgan fingerprint density at radius 1 is 1.55 bits per heavy atom. The van der Waals surface area contributed by atoms with Crippen molar-refractivity contribution in [3.05, 3.63) is 11.8 Å². The molecule has 0 spiro atoms. The molecule has 0 aromatic rings. The number of methoxy groups -OCH3 is 1. The standard InChI is InChI=1S/C8H15NO2/c1-7(6-8(2)10)9-4-5-11-3/h6,9H,4-5H2,1-3H3/b7-6-. The van der Waals surface area contributed by atoms with Crippen molar-refractivity contribution in [2.24, 2.45) is 0 Å². The first-order valence-corrected chi connectivity index (χ1v) is 3.58. The van der Waals surface area contributed by atoms with Crippen LogP contribution in [0.5, 0.6) is 0 Å². The summed E-state index contributed by atoms with van der Waals surface area (Å²) in [5.74, 6) is 0.0624. The van der Waals surface area contributed by atoms with E-state index in [1.165, 1.54) is 6.92 Å². The number of nitrogens with one attached hydrogen (secondary N) is 1.